The molecule has 93 heavy (non-hydrogen) atoms. The van der Waals surface area contributed by atoms with Gasteiger partial charge in [0.15, 0.2) is 0 Å². The normalized spacial score (nSPS) is 15.8. The van der Waals surface area contributed by atoms with Crippen LogP contribution in [0.25, 0.3) is 10.9 Å². The highest BCUT2D eigenvalue weighted by atomic mass is 32.2. The summed E-state index contributed by atoms with van der Waals surface area (Å²) in [6.07, 6.45) is 4.87. The predicted octanol–water partition coefficient (Wildman–Crippen LogP) is 6.37. The zero-order valence-electron chi connectivity index (χ0n) is 55.5. The van der Waals surface area contributed by atoms with E-state index in [-0.39, 0.29) is 66.9 Å². The fraction of sp³-hybridized carbons (Fsp3) is 0.554. The quantitative estimate of drug-likeness (QED) is 0.00961. The third-order valence-corrected chi connectivity index (χ3v) is 17.1. The molecule has 1 aromatic heterocycles. The van der Waals surface area contributed by atoms with Crippen molar-refractivity contribution in [2.45, 2.75) is 75.8 Å². The zero-order valence-corrected chi connectivity index (χ0v) is 59.9. The lowest BCUT2D eigenvalue weighted by Crippen LogP contribution is -2.53. The van der Waals surface area contributed by atoms with Crippen molar-refractivity contribution in [1.82, 2.24) is 35.0 Å². The lowest BCUT2D eigenvalue weighted by Gasteiger charge is -2.40. The Bertz CT molecular complexity index is 3010. The van der Waals surface area contributed by atoms with Gasteiger partial charge in [-0.1, -0.05) is 72.8 Å². The summed E-state index contributed by atoms with van der Waals surface area (Å²) < 4.78 is 90.9. The Morgan fingerprint density at radius 3 is 1.72 bits per heavy atom. The summed E-state index contributed by atoms with van der Waals surface area (Å²) in [4.78, 5) is 43.5. The number of carbonyl (C=O) groups excluding carboxylic acids is 3. The number of hydrogen-bond donors (Lipinski definition) is 8. The number of esters is 1. The van der Waals surface area contributed by atoms with Crippen LogP contribution in [0, 0.1) is 5.92 Å². The second kappa shape index (κ2) is 49.6. The number of amides is 2. The minimum Gasteiger partial charge on any atom is -0.466 e. The number of aromatic nitrogens is 1. The number of fused-ring (bicyclic) bond motifs is 3. The fourth-order valence-corrected chi connectivity index (χ4v) is 11.2. The lowest BCUT2D eigenvalue weighted by molar-refractivity contribution is -0.157. The first-order chi connectivity index (χ1) is 44.6. The number of benzene rings is 4. The number of piperidine rings is 1. The first kappa shape index (κ1) is 84.2. The van der Waals surface area contributed by atoms with E-state index in [1.165, 1.54) is 28.6 Å². The average molecular weight is 1400 g/mol. The van der Waals surface area contributed by atoms with E-state index in [9.17, 15) is 36.3 Å². The molecule has 4 unspecified atom stereocenters. The van der Waals surface area contributed by atoms with Crippen LogP contribution in [0.15, 0.2) is 114 Å². The molecule has 0 saturated carbocycles. The van der Waals surface area contributed by atoms with Crippen molar-refractivity contribution in [3.05, 3.63) is 126 Å². The van der Waals surface area contributed by atoms with Gasteiger partial charge in [0.25, 0.3) is 10.1 Å². The van der Waals surface area contributed by atoms with Gasteiger partial charge in [0.1, 0.15) is 24.7 Å². The number of aromatic amines is 1. The fourth-order valence-electron chi connectivity index (χ4n) is 9.06. The number of carbonyl (C=O) groups is 3. The summed E-state index contributed by atoms with van der Waals surface area (Å²) in [5, 5.41) is 15.6. The maximum Gasteiger partial charge on any atom is 0.313 e. The van der Waals surface area contributed by atoms with Crippen molar-refractivity contribution in [2.24, 2.45) is 5.92 Å². The van der Waals surface area contributed by atoms with Gasteiger partial charge >= 0.3 is 5.97 Å². The van der Waals surface area contributed by atoms with Crippen LogP contribution < -0.4 is 20.1 Å². The number of nitrogens with zero attached hydrogens (tertiary/aromatic N) is 3. The van der Waals surface area contributed by atoms with E-state index < -0.39 is 32.2 Å². The number of rotatable bonds is 34. The molecule has 2 fully saturated rings. The van der Waals surface area contributed by atoms with E-state index >= 15 is 0 Å². The highest BCUT2D eigenvalue weighted by molar-refractivity contribution is 7.89. The number of thiol groups is 3. The van der Waals surface area contributed by atoms with Crippen molar-refractivity contribution >= 4 is 86.7 Å². The Kier molecular flexibility index (Phi) is 45.0. The van der Waals surface area contributed by atoms with Crippen molar-refractivity contribution in [1.29, 1.82) is 0 Å². The number of ether oxygens (including phenoxy) is 7. The van der Waals surface area contributed by atoms with Crippen LogP contribution >= 0.6 is 37.9 Å². The maximum absolute atomic E-state index is 12.6. The largest absolute Gasteiger partial charge is 0.466 e. The van der Waals surface area contributed by atoms with Crippen molar-refractivity contribution in [2.75, 3.05) is 158 Å². The molecular formula is C65H103N7O16S5. The molecular weight excluding hydrogens is 1300 g/mol. The van der Waals surface area contributed by atoms with Gasteiger partial charge in [-0.25, -0.2) is 13.1 Å². The Morgan fingerprint density at radius 1 is 0.656 bits per heavy atom. The van der Waals surface area contributed by atoms with Crippen LogP contribution in [0.5, 0.6) is 11.5 Å². The van der Waals surface area contributed by atoms with Crippen molar-refractivity contribution < 1.29 is 73.7 Å². The third-order valence-electron chi connectivity index (χ3n) is 13.8. The molecule has 23 nitrogen and oxygen atoms in total. The van der Waals surface area contributed by atoms with Gasteiger partial charge in [-0.3, -0.25) is 23.5 Å². The summed E-state index contributed by atoms with van der Waals surface area (Å²) in [7, 11) is 6.43. The van der Waals surface area contributed by atoms with Gasteiger partial charge in [0.05, 0.1) is 88.7 Å². The second-order valence-electron chi connectivity index (χ2n) is 21.3. The average Bonchev–Trinajstić information content (AvgIpc) is 1.69. The predicted molar refractivity (Wildman–Crippen MR) is 376 cm³/mol. The highest BCUT2D eigenvalue weighted by Gasteiger charge is 2.51. The molecule has 7 rings (SSSR count). The van der Waals surface area contributed by atoms with Crippen LogP contribution in [0.3, 0.4) is 0 Å². The second-order valence-corrected chi connectivity index (χ2v) is 26.3. The van der Waals surface area contributed by atoms with Gasteiger partial charge in [-0.15, -0.1) is 0 Å². The van der Waals surface area contributed by atoms with Crippen LogP contribution in [0.1, 0.15) is 49.8 Å². The molecule has 0 radical (unpaired) electrons. The molecule has 524 valence electrons. The monoisotopic (exact) mass is 1400 g/mol. The van der Waals surface area contributed by atoms with E-state index in [1.807, 2.05) is 63.6 Å². The Labute approximate surface area is 569 Å². The molecule has 2 aliphatic rings. The van der Waals surface area contributed by atoms with E-state index in [0.29, 0.717) is 88.8 Å². The number of sulfonamides is 1. The number of para-hydroxylation sites is 3. The Morgan fingerprint density at radius 2 is 1.18 bits per heavy atom. The SMILES string of the molecule is CCOC(=O)C1C(OS(=O)(=O)c2ccccc2)CC2CCC1N2C.CCS(=O)(=O)NCCOCCS.CN(C)CCc1c[nH]c2ccccc12.CN(C)Cc1ccccc1Oc1ccccc1CO.CNC(=O)COCCOCCS.CNC(=O)COCCOCCS. The van der Waals surface area contributed by atoms with Gasteiger partial charge in [0, 0.05) is 91.3 Å². The molecule has 28 heteroatoms. The molecule has 4 atom stereocenters. The number of nitrogens with one attached hydrogen (secondary N) is 4. The molecule has 2 saturated heterocycles. The van der Waals surface area contributed by atoms with Crippen molar-refractivity contribution in [3.8, 4) is 11.5 Å². The number of likely N-dealkylation sites (N-methyl/N-ethyl adjacent to an activating group) is 3. The molecule has 2 amide bonds. The van der Waals surface area contributed by atoms with Gasteiger partial charge < -0.3 is 63.7 Å². The van der Waals surface area contributed by atoms with Crippen LogP contribution in [-0.4, -0.2) is 236 Å². The van der Waals surface area contributed by atoms with E-state index in [4.69, 9.17) is 37.3 Å². The summed E-state index contributed by atoms with van der Waals surface area (Å²) >= 11 is 11.9. The maximum atomic E-state index is 12.6. The molecule has 0 spiro atoms. The van der Waals surface area contributed by atoms with Gasteiger partial charge in [-0.05, 0) is 111 Å². The number of aliphatic hydroxyl groups is 1. The number of hydrogen-bond acceptors (Lipinski definition) is 22. The molecule has 4 aromatic carbocycles. The minimum absolute atomic E-state index is 0.0218. The lowest BCUT2D eigenvalue weighted by atomic mass is 9.88. The van der Waals surface area contributed by atoms with Crippen molar-refractivity contribution in [3.63, 3.8) is 0 Å². The molecule has 3 heterocycles. The highest BCUT2D eigenvalue weighted by Crippen LogP contribution is 2.41. The summed E-state index contributed by atoms with van der Waals surface area (Å²) in [6.45, 7) is 10.1. The molecule has 5 N–H and O–H groups in total. The van der Waals surface area contributed by atoms with E-state index in [1.54, 1.807) is 46.1 Å². The molecule has 0 aliphatic carbocycles. The van der Waals surface area contributed by atoms with E-state index in [0.717, 1.165) is 49.2 Å². The van der Waals surface area contributed by atoms with Crippen LogP contribution in [0.2, 0.25) is 0 Å². The standard InChI is InChI=1S/C17H23NO5S.C16H19NO2.C12H16N2.2C7H15NO3S.C6H15NO3S2/c1-3-22-17(19)16-14-10-9-12(18(14)2)11-15(16)23-24(20,21)13-7-5-4-6-8-13;1-17(2)11-13-7-3-5-9-15(13)19-16-10-6-4-8-14(16)12-18;1-14(2)8-7-10-9-13-12-6-4-3-5-11(10)12;2*1-8-7(9)6-11-3-2-10-4-5-12;1-2-12(8,9)7-3-4-10-5-6-11/h4-8,12,14-16H,3,9-11H2,1-2H3;3-10,18H,11-12H2,1-2H3;3-6,9,13H,7-8H2,1-2H3;2*12H,2-6H2,1H3,(H,8,9);7,11H,2-6H2,1H3. The van der Waals surface area contributed by atoms with Gasteiger partial charge in [-0.2, -0.15) is 46.3 Å². The van der Waals surface area contributed by atoms with Crippen LogP contribution in [-0.2, 0) is 86.7 Å². The topological polar surface area (TPSA) is 275 Å². The van der Waals surface area contributed by atoms with Gasteiger partial charge in [0.2, 0.25) is 21.8 Å². The molecule has 5 aromatic rings. The minimum atomic E-state index is -3.90. The number of aliphatic hydroxyl groups excluding tert-OH is 1. The zero-order chi connectivity index (χ0) is 68.9. The first-order valence-electron chi connectivity index (χ1n) is 30.9. The summed E-state index contributed by atoms with van der Waals surface area (Å²) in [6, 6.07) is 32.2. The van der Waals surface area contributed by atoms with E-state index in [2.05, 4.69) is 124 Å². The smallest absolute Gasteiger partial charge is 0.313 e. The number of H-pyrrole nitrogens is 1. The Balaban J connectivity index is 0.000000390. The molecule has 2 aliphatic heterocycles. The first-order valence-corrected chi connectivity index (χ1v) is 35.9. The Hall–Kier alpha value is -4.86. The summed E-state index contributed by atoms with van der Waals surface area (Å²) in [5.74, 6) is 2.52. The summed E-state index contributed by atoms with van der Waals surface area (Å²) in [5.41, 5.74) is 4.57. The van der Waals surface area contributed by atoms with Crippen LogP contribution in [0.4, 0.5) is 0 Å². The molecule has 2 bridgehead atoms. The third kappa shape index (κ3) is 35.1.